The lowest BCUT2D eigenvalue weighted by Crippen LogP contribution is -2.08. The maximum absolute atomic E-state index is 12.0. The van der Waals surface area contributed by atoms with Crippen LogP contribution in [0.4, 0.5) is 0 Å². The van der Waals surface area contributed by atoms with E-state index in [0.29, 0.717) is 18.6 Å². The molecule has 0 atom stereocenters. The number of fused-ring (bicyclic) bond motifs is 3. The topological polar surface area (TPSA) is 52.6 Å². The summed E-state index contributed by atoms with van der Waals surface area (Å²) in [4.78, 5) is 12.0. The zero-order valence-corrected chi connectivity index (χ0v) is 12.8. The van der Waals surface area contributed by atoms with Gasteiger partial charge in [-0.2, -0.15) is 0 Å². The number of hydrogen-bond donors (Lipinski definition) is 0. The molecule has 0 fully saturated rings. The normalized spacial score (nSPS) is 13.9. The van der Waals surface area contributed by atoms with Gasteiger partial charge in [-0.3, -0.25) is 4.79 Å². The van der Waals surface area contributed by atoms with Crippen molar-refractivity contribution in [1.29, 1.82) is 0 Å². The van der Waals surface area contributed by atoms with Gasteiger partial charge in [-0.05, 0) is 49.6 Å². The number of ether oxygens (including phenoxy) is 1. The highest BCUT2D eigenvalue weighted by atomic mass is 16.5. The van der Waals surface area contributed by atoms with Gasteiger partial charge in [0, 0.05) is 23.8 Å². The van der Waals surface area contributed by atoms with Crippen LogP contribution in [0.25, 0.3) is 11.0 Å². The van der Waals surface area contributed by atoms with E-state index < -0.39 is 0 Å². The Kier molecular flexibility index (Phi) is 3.66. The SMILES string of the molecule is O=C(CCc1ccco1)Oc1ccc2oc3c(c2c1)CCCC3. The Hall–Kier alpha value is -2.49. The summed E-state index contributed by atoms with van der Waals surface area (Å²) in [5.74, 6) is 2.21. The van der Waals surface area contributed by atoms with Crippen LogP contribution in [0.5, 0.6) is 5.75 Å². The number of rotatable bonds is 4. The molecule has 23 heavy (non-hydrogen) atoms. The van der Waals surface area contributed by atoms with Crippen LogP contribution in [0, 0.1) is 0 Å². The second kappa shape index (κ2) is 5.95. The van der Waals surface area contributed by atoms with Gasteiger partial charge >= 0.3 is 5.97 Å². The van der Waals surface area contributed by atoms with Crippen LogP contribution < -0.4 is 4.74 Å². The maximum atomic E-state index is 12.0. The van der Waals surface area contributed by atoms with Gasteiger partial charge in [-0.25, -0.2) is 0 Å². The highest BCUT2D eigenvalue weighted by Crippen LogP contribution is 2.34. The summed E-state index contributed by atoms with van der Waals surface area (Å²) < 4.78 is 16.6. The van der Waals surface area contributed by atoms with E-state index in [4.69, 9.17) is 13.6 Å². The molecular formula is C19H18O4. The zero-order valence-electron chi connectivity index (χ0n) is 12.8. The van der Waals surface area contributed by atoms with Crippen molar-refractivity contribution in [2.45, 2.75) is 38.5 Å². The molecule has 0 unspecified atom stereocenters. The predicted molar refractivity (Wildman–Crippen MR) is 85.5 cm³/mol. The van der Waals surface area contributed by atoms with E-state index in [0.717, 1.165) is 35.3 Å². The quantitative estimate of drug-likeness (QED) is 0.528. The maximum Gasteiger partial charge on any atom is 0.311 e. The molecule has 4 heteroatoms. The molecule has 2 aromatic heterocycles. The van der Waals surface area contributed by atoms with Crippen molar-refractivity contribution in [3.05, 3.63) is 53.7 Å². The highest BCUT2D eigenvalue weighted by molar-refractivity contribution is 5.85. The first-order chi connectivity index (χ1) is 11.3. The fraction of sp³-hybridized carbons (Fsp3) is 0.316. The second-order valence-corrected chi connectivity index (χ2v) is 5.92. The summed E-state index contributed by atoms with van der Waals surface area (Å²) in [6.07, 6.45) is 6.87. The first kappa shape index (κ1) is 14.1. The van der Waals surface area contributed by atoms with Crippen molar-refractivity contribution in [3.63, 3.8) is 0 Å². The minimum atomic E-state index is -0.252. The van der Waals surface area contributed by atoms with E-state index in [-0.39, 0.29) is 5.97 Å². The van der Waals surface area contributed by atoms with E-state index in [1.165, 1.54) is 18.4 Å². The molecule has 3 aromatic rings. The van der Waals surface area contributed by atoms with E-state index in [1.807, 2.05) is 24.3 Å². The van der Waals surface area contributed by atoms with Crippen LogP contribution in [0.3, 0.4) is 0 Å². The monoisotopic (exact) mass is 310 g/mol. The molecule has 0 bridgehead atoms. The van der Waals surface area contributed by atoms with E-state index in [2.05, 4.69) is 0 Å². The van der Waals surface area contributed by atoms with Crippen LogP contribution in [-0.2, 0) is 24.1 Å². The molecule has 0 saturated carbocycles. The van der Waals surface area contributed by atoms with Crippen LogP contribution in [-0.4, -0.2) is 5.97 Å². The number of esters is 1. The first-order valence-electron chi connectivity index (χ1n) is 8.07. The van der Waals surface area contributed by atoms with Gasteiger partial charge in [0.2, 0.25) is 0 Å². The molecule has 1 aliphatic carbocycles. The molecule has 0 radical (unpaired) electrons. The lowest BCUT2D eigenvalue weighted by atomic mass is 9.96. The Morgan fingerprint density at radius 1 is 1.17 bits per heavy atom. The summed E-state index contributed by atoms with van der Waals surface area (Å²) in [5, 5.41) is 1.08. The number of furan rings is 2. The number of hydrogen-bond acceptors (Lipinski definition) is 4. The van der Waals surface area contributed by atoms with Gasteiger partial charge in [-0.1, -0.05) is 0 Å². The average Bonchev–Trinajstić information content (AvgIpc) is 3.20. The second-order valence-electron chi connectivity index (χ2n) is 5.92. The number of carbonyl (C=O) groups is 1. The van der Waals surface area contributed by atoms with Crippen molar-refractivity contribution in [2.24, 2.45) is 0 Å². The summed E-state index contributed by atoms with van der Waals surface area (Å²) in [5.41, 5.74) is 2.16. The lowest BCUT2D eigenvalue weighted by Gasteiger charge is -2.08. The van der Waals surface area contributed by atoms with Crippen molar-refractivity contribution >= 4 is 16.9 Å². The molecule has 118 valence electrons. The third-order valence-electron chi connectivity index (χ3n) is 4.31. The molecule has 2 heterocycles. The van der Waals surface area contributed by atoms with Crippen LogP contribution in [0.1, 0.15) is 36.3 Å². The molecule has 4 nitrogen and oxygen atoms in total. The fourth-order valence-electron chi connectivity index (χ4n) is 3.17. The number of benzene rings is 1. The van der Waals surface area contributed by atoms with Crippen molar-refractivity contribution in [2.75, 3.05) is 0 Å². The predicted octanol–water partition coefficient (Wildman–Crippen LogP) is 4.44. The molecule has 0 aliphatic heterocycles. The van der Waals surface area contributed by atoms with Gasteiger partial charge in [-0.15, -0.1) is 0 Å². The molecule has 1 aromatic carbocycles. The van der Waals surface area contributed by atoms with Gasteiger partial charge in [0.25, 0.3) is 0 Å². The Labute approximate surface area is 134 Å². The standard InChI is InChI=1S/C19H18O4/c20-19(10-8-13-4-3-11-21-13)22-14-7-9-18-16(12-14)15-5-1-2-6-17(15)23-18/h3-4,7,9,11-12H,1-2,5-6,8,10H2. The molecule has 1 aliphatic rings. The Morgan fingerprint density at radius 2 is 2.09 bits per heavy atom. The molecule has 0 saturated heterocycles. The summed E-state index contributed by atoms with van der Waals surface area (Å²) in [6.45, 7) is 0. The van der Waals surface area contributed by atoms with Crippen molar-refractivity contribution in [3.8, 4) is 5.75 Å². The first-order valence-corrected chi connectivity index (χ1v) is 8.07. The molecule has 0 N–H and O–H groups in total. The van der Waals surface area contributed by atoms with Gasteiger partial charge < -0.3 is 13.6 Å². The Balaban J connectivity index is 1.49. The third kappa shape index (κ3) is 2.89. The van der Waals surface area contributed by atoms with Gasteiger partial charge in [0.1, 0.15) is 22.9 Å². The fourth-order valence-corrected chi connectivity index (χ4v) is 3.17. The van der Waals surface area contributed by atoms with E-state index >= 15 is 0 Å². The minimum Gasteiger partial charge on any atom is -0.469 e. The largest absolute Gasteiger partial charge is 0.469 e. The third-order valence-corrected chi connectivity index (χ3v) is 4.31. The summed E-state index contributed by atoms with van der Waals surface area (Å²) in [7, 11) is 0. The summed E-state index contributed by atoms with van der Waals surface area (Å²) in [6, 6.07) is 9.28. The Bertz CT molecular complexity index is 827. The molecular weight excluding hydrogens is 292 g/mol. The van der Waals surface area contributed by atoms with Crippen LogP contribution in [0.15, 0.2) is 45.4 Å². The van der Waals surface area contributed by atoms with Crippen LogP contribution in [0.2, 0.25) is 0 Å². The Morgan fingerprint density at radius 3 is 2.96 bits per heavy atom. The van der Waals surface area contributed by atoms with Gasteiger partial charge in [0.15, 0.2) is 0 Å². The lowest BCUT2D eigenvalue weighted by molar-refractivity contribution is -0.134. The molecule has 4 rings (SSSR count). The van der Waals surface area contributed by atoms with E-state index in [1.54, 1.807) is 12.3 Å². The number of carbonyl (C=O) groups excluding carboxylic acids is 1. The molecule has 0 spiro atoms. The summed E-state index contributed by atoms with van der Waals surface area (Å²) >= 11 is 0. The smallest absolute Gasteiger partial charge is 0.311 e. The van der Waals surface area contributed by atoms with Crippen LogP contribution >= 0.6 is 0 Å². The van der Waals surface area contributed by atoms with Crippen molar-refractivity contribution < 1.29 is 18.4 Å². The minimum absolute atomic E-state index is 0.252. The zero-order chi connectivity index (χ0) is 15.6. The van der Waals surface area contributed by atoms with Gasteiger partial charge in [0.05, 0.1) is 12.7 Å². The average molecular weight is 310 g/mol. The number of aryl methyl sites for hydroxylation is 3. The van der Waals surface area contributed by atoms with E-state index in [9.17, 15) is 4.79 Å². The molecule has 0 amide bonds. The van der Waals surface area contributed by atoms with Crippen molar-refractivity contribution in [1.82, 2.24) is 0 Å². The highest BCUT2D eigenvalue weighted by Gasteiger charge is 2.18.